The highest BCUT2D eigenvalue weighted by molar-refractivity contribution is 9.10. The van der Waals surface area contributed by atoms with Gasteiger partial charge in [0.1, 0.15) is 6.54 Å². The van der Waals surface area contributed by atoms with Crippen molar-refractivity contribution in [2.75, 3.05) is 31.5 Å². The van der Waals surface area contributed by atoms with Crippen molar-refractivity contribution < 1.29 is 4.90 Å². The first-order valence-electron chi connectivity index (χ1n) is 8.28. The lowest BCUT2D eigenvalue weighted by atomic mass is 10.1. The number of quaternary nitrogens is 1. The summed E-state index contributed by atoms with van der Waals surface area (Å²) in [5.74, 6) is 0. The SMILES string of the molecule is N#Cc1ccc(C[NH+]2CCN(C(=S)Nc3cccc(Br)c3)CC2)cc1. The van der Waals surface area contributed by atoms with E-state index in [0.717, 1.165) is 48.0 Å². The molecule has 0 bridgehead atoms. The molecule has 4 nitrogen and oxygen atoms in total. The van der Waals surface area contributed by atoms with Crippen molar-refractivity contribution in [3.63, 3.8) is 0 Å². The zero-order valence-electron chi connectivity index (χ0n) is 13.8. The Morgan fingerprint density at radius 1 is 1.20 bits per heavy atom. The van der Waals surface area contributed by atoms with Gasteiger partial charge in [-0.25, -0.2) is 0 Å². The Kier molecular flexibility index (Phi) is 6.03. The predicted molar refractivity (Wildman–Crippen MR) is 107 cm³/mol. The quantitative estimate of drug-likeness (QED) is 0.755. The number of halogens is 1. The Labute approximate surface area is 162 Å². The Hall–Kier alpha value is -1.94. The van der Waals surface area contributed by atoms with Crippen molar-refractivity contribution in [1.29, 1.82) is 5.26 Å². The number of anilines is 1. The number of nitrogens with one attached hydrogen (secondary N) is 2. The van der Waals surface area contributed by atoms with Gasteiger partial charge < -0.3 is 15.1 Å². The van der Waals surface area contributed by atoms with E-state index in [1.807, 2.05) is 36.4 Å². The standard InChI is InChI=1S/C19H19BrN4S/c20-17-2-1-3-18(12-17)22-19(25)24-10-8-23(9-11-24)14-16-6-4-15(13-21)5-7-16/h1-7,12H,8-11,14H2,(H,22,25)/p+1. The van der Waals surface area contributed by atoms with Crippen LogP contribution >= 0.6 is 28.1 Å². The fourth-order valence-corrected chi connectivity index (χ4v) is 3.66. The molecule has 0 aliphatic carbocycles. The lowest BCUT2D eigenvalue weighted by Crippen LogP contribution is -3.13. The maximum atomic E-state index is 8.87. The third-order valence-corrected chi connectivity index (χ3v) is 5.22. The number of rotatable bonds is 3. The molecule has 25 heavy (non-hydrogen) atoms. The Morgan fingerprint density at radius 3 is 2.56 bits per heavy atom. The van der Waals surface area contributed by atoms with Crippen LogP contribution in [0.5, 0.6) is 0 Å². The van der Waals surface area contributed by atoms with Crippen molar-refractivity contribution in [1.82, 2.24) is 4.90 Å². The highest BCUT2D eigenvalue weighted by Gasteiger charge is 2.21. The number of nitrogens with zero attached hydrogens (tertiary/aromatic N) is 2. The first-order valence-corrected chi connectivity index (χ1v) is 9.48. The molecule has 2 N–H and O–H groups in total. The van der Waals surface area contributed by atoms with Crippen LogP contribution in [0.1, 0.15) is 11.1 Å². The van der Waals surface area contributed by atoms with Gasteiger partial charge in [0.15, 0.2) is 5.11 Å². The van der Waals surface area contributed by atoms with Crippen LogP contribution in [0.2, 0.25) is 0 Å². The van der Waals surface area contributed by atoms with E-state index >= 15 is 0 Å². The summed E-state index contributed by atoms with van der Waals surface area (Å²) >= 11 is 9.03. The average Bonchev–Trinajstić information content (AvgIpc) is 2.63. The molecule has 0 saturated carbocycles. The van der Waals surface area contributed by atoms with Crippen LogP contribution in [0.3, 0.4) is 0 Å². The van der Waals surface area contributed by atoms with Gasteiger partial charge >= 0.3 is 0 Å². The van der Waals surface area contributed by atoms with Gasteiger partial charge in [-0.2, -0.15) is 5.26 Å². The van der Waals surface area contributed by atoms with E-state index in [-0.39, 0.29) is 0 Å². The van der Waals surface area contributed by atoms with Crippen LogP contribution < -0.4 is 10.2 Å². The minimum absolute atomic E-state index is 0.715. The zero-order valence-corrected chi connectivity index (χ0v) is 16.2. The highest BCUT2D eigenvalue weighted by Crippen LogP contribution is 2.16. The smallest absolute Gasteiger partial charge is 0.173 e. The molecule has 1 heterocycles. The van der Waals surface area contributed by atoms with E-state index in [1.54, 1.807) is 4.90 Å². The normalized spacial score (nSPS) is 14.8. The number of benzene rings is 2. The van der Waals surface area contributed by atoms with Crippen LogP contribution in [-0.4, -0.2) is 36.2 Å². The van der Waals surface area contributed by atoms with Crippen LogP contribution in [0.15, 0.2) is 53.0 Å². The van der Waals surface area contributed by atoms with Crippen molar-refractivity contribution in [3.8, 4) is 6.07 Å². The second-order valence-corrected chi connectivity index (χ2v) is 7.47. The van der Waals surface area contributed by atoms with Gasteiger partial charge in [0.25, 0.3) is 0 Å². The molecule has 128 valence electrons. The molecule has 0 unspecified atom stereocenters. The number of hydrogen-bond acceptors (Lipinski definition) is 2. The van der Waals surface area contributed by atoms with Gasteiger partial charge in [-0.3, -0.25) is 0 Å². The summed E-state index contributed by atoms with van der Waals surface area (Å²) in [6.07, 6.45) is 0. The fourth-order valence-electron chi connectivity index (χ4n) is 2.96. The van der Waals surface area contributed by atoms with Gasteiger partial charge in [-0.05, 0) is 42.5 Å². The van der Waals surface area contributed by atoms with Crippen molar-refractivity contribution >= 4 is 38.9 Å². The molecule has 1 saturated heterocycles. The Morgan fingerprint density at radius 2 is 1.92 bits per heavy atom. The number of nitriles is 1. The van der Waals surface area contributed by atoms with E-state index < -0.39 is 0 Å². The molecule has 0 radical (unpaired) electrons. The van der Waals surface area contributed by atoms with Gasteiger partial charge in [0.2, 0.25) is 0 Å². The average molecular weight is 416 g/mol. The maximum absolute atomic E-state index is 8.87. The molecule has 0 spiro atoms. The molecular weight excluding hydrogens is 396 g/mol. The molecule has 2 aromatic rings. The van der Waals surface area contributed by atoms with Gasteiger partial charge in [-0.15, -0.1) is 0 Å². The van der Waals surface area contributed by atoms with Crippen LogP contribution in [0, 0.1) is 11.3 Å². The topological polar surface area (TPSA) is 43.5 Å². The van der Waals surface area contributed by atoms with Crippen LogP contribution in [-0.2, 0) is 6.54 Å². The second kappa shape index (κ2) is 8.43. The molecule has 1 aliphatic heterocycles. The molecular formula is C19H20BrN4S+. The minimum atomic E-state index is 0.715. The maximum Gasteiger partial charge on any atom is 0.173 e. The van der Waals surface area contributed by atoms with Crippen molar-refractivity contribution in [2.24, 2.45) is 0 Å². The summed E-state index contributed by atoms with van der Waals surface area (Å²) in [5, 5.41) is 13.0. The van der Waals surface area contributed by atoms with Crippen molar-refractivity contribution in [2.45, 2.75) is 6.54 Å². The third-order valence-electron chi connectivity index (χ3n) is 4.37. The molecule has 0 aromatic heterocycles. The molecule has 2 aromatic carbocycles. The minimum Gasteiger partial charge on any atom is -0.338 e. The van der Waals surface area contributed by atoms with E-state index in [0.29, 0.717) is 5.56 Å². The van der Waals surface area contributed by atoms with E-state index in [4.69, 9.17) is 17.5 Å². The fraction of sp³-hybridized carbons (Fsp3) is 0.263. The number of hydrogen-bond donors (Lipinski definition) is 2. The lowest BCUT2D eigenvalue weighted by Gasteiger charge is -2.34. The van der Waals surface area contributed by atoms with Crippen LogP contribution in [0.25, 0.3) is 0 Å². The summed E-state index contributed by atoms with van der Waals surface area (Å²) in [5.41, 5.74) is 3.00. The largest absolute Gasteiger partial charge is 0.338 e. The lowest BCUT2D eigenvalue weighted by molar-refractivity contribution is -0.917. The predicted octanol–water partition coefficient (Wildman–Crippen LogP) is 2.42. The van der Waals surface area contributed by atoms with E-state index in [1.165, 1.54) is 5.56 Å². The van der Waals surface area contributed by atoms with E-state index in [2.05, 4.69) is 44.3 Å². The Balaban J connectivity index is 1.49. The summed E-state index contributed by atoms with van der Waals surface area (Å²) in [7, 11) is 0. The van der Waals surface area contributed by atoms with E-state index in [9.17, 15) is 0 Å². The second-order valence-electron chi connectivity index (χ2n) is 6.16. The van der Waals surface area contributed by atoms with Crippen LogP contribution in [0.4, 0.5) is 5.69 Å². The molecule has 6 heteroatoms. The van der Waals surface area contributed by atoms with Crippen molar-refractivity contribution in [3.05, 3.63) is 64.1 Å². The number of thiocarbonyl (C=S) groups is 1. The first-order chi connectivity index (χ1) is 12.1. The summed E-state index contributed by atoms with van der Waals surface area (Å²) < 4.78 is 1.04. The number of piperazine rings is 1. The monoisotopic (exact) mass is 415 g/mol. The van der Waals surface area contributed by atoms with Gasteiger partial charge in [0, 0.05) is 15.7 Å². The molecule has 1 aliphatic rings. The summed E-state index contributed by atoms with van der Waals surface area (Å²) in [6.45, 7) is 5.00. The molecule has 1 fully saturated rings. The Bertz CT molecular complexity index is 777. The zero-order chi connectivity index (χ0) is 17.6. The third kappa shape index (κ3) is 5.02. The highest BCUT2D eigenvalue weighted by atomic mass is 79.9. The van der Waals surface area contributed by atoms with Gasteiger partial charge in [0.05, 0.1) is 37.8 Å². The van der Waals surface area contributed by atoms with Gasteiger partial charge in [-0.1, -0.05) is 34.1 Å². The first kappa shape index (κ1) is 17.9. The summed E-state index contributed by atoms with van der Waals surface area (Å²) in [4.78, 5) is 3.78. The molecule has 3 rings (SSSR count). The summed E-state index contributed by atoms with van der Waals surface area (Å²) in [6, 6.07) is 18.1. The molecule has 0 atom stereocenters. The molecule has 0 amide bonds.